The third kappa shape index (κ3) is 7.42. The zero-order chi connectivity index (χ0) is 16.6. The second kappa shape index (κ2) is 9.32. The highest BCUT2D eigenvalue weighted by atomic mass is 32.2. The molecule has 2 atom stereocenters. The molecule has 2 unspecified atom stereocenters. The molecule has 1 aliphatic heterocycles. The zero-order valence-electron chi connectivity index (χ0n) is 13.7. The second-order valence-corrected chi connectivity index (χ2v) is 7.60. The number of likely N-dealkylation sites (tertiary alicyclic amines) is 1. The summed E-state index contributed by atoms with van der Waals surface area (Å²) in [5.41, 5.74) is 0. The molecule has 0 saturated carbocycles. The van der Waals surface area contributed by atoms with E-state index in [9.17, 15) is 13.2 Å². The summed E-state index contributed by atoms with van der Waals surface area (Å²) in [6.45, 7) is 4.87. The number of nitrogens with zero attached hydrogens (tertiary/aromatic N) is 1. The SMILES string of the molecule is CCCCCCOCOC(=O)N1CC(NS(C)(=O)=O)CC1C. The Morgan fingerprint density at radius 1 is 1.32 bits per heavy atom. The van der Waals surface area contributed by atoms with Gasteiger partial charge in [-0.15, -0.1) is 0 Å². The van der Waals surface area contributed by atoms with Crippen molar-refractivity contribution < 1.29 is 22.7 Å². The maximum absolute atomic E-state index is 11.9. The maximum atomic E-state index is 11.9. The largest absolute Gasteiger partial charge is 0.422 e. The van der Waals surface area contributed by atoms with Crippen LogP contribution in [0.3, 0.4) is 0 Å². The molecule has 1 rings (SSSR count). The lowest BCUT2D eigenvalue weighted by atomic mass is 10.2. The van der Waals surface area contributed by atoms with E-state index >= 15 is 0 Å². The van der Waals surface area contributed by atoms with E-state index in [1.54, 1.807) is 0 Å². The Kier molecular flexibility index (Phi) is 8.13. The summed E-state index contributed by atoms with van der Waals surface area (Å²) in [6.07, 6.45) is 5.68. The van der Waals surface area contributed by atoms with Gasteiger partial charge in [0.1, 0.15) is 0 Å². The number of carbonyl (C=O) groups excluding carboxylic acids is 1. The number of hydrogen-bond acceptors (Lipinski definition) is 5. The Morgan fingerprint density at radius 3 is 2.68 bits per heavy atom. The quantitative estimate of drug-likeness (QED) is 0.511. The number of ether oxygens (including phenoxy) is 2. The van der Waals surface area contributed by atoms with Crippen LogP contribution >= 0.6 is 0 Å². The first-order valence-corrected chi connectivity index (χ1v) is 9.71. The first-order chi connectivity index (χ1) is 10.3. The van der Waals surface area contributed by atoms with Crippen molar-refractivity contribution in [1.29, 1.82) is 0 Å². The Morgan fingerprint density at radius 2 is 2.05 bits per heavy atom. The highest BCUT2D eigenvalue weighted by Crippen LogP contribution is 2.18. The van der Waals surface area contributed by atoms with E-state index in [0.717, 1.165) is 19.1 Å². The van der Waals surface area contributed by atoms with Gasteiger partial charge in [-0.25, -0.2) is 17.9 Å². The number of amides is 1. The van der Waals surface area contributed by atoms with Crippen LogP contribution in [-0.4, -0.2) is 57.7 Å². The van der Waals surface area contributed by atoms with Crippen LogP contribution in [0.5, 0.6) is 0 Å². The van der Waals surface area contributed by atoms with Crippen molar-refractivity contribution in [2.75, 3.05) is 26.2 Å². The number of carbonyl (C=O) groups is 1. The predicted molar refractivity (Wildman–Crippen MR) is 84.0 cm³/mol. The van der Waals surface area contributed by atoms with Crippen LogP contribution in [0.15, 0.2) is 0 Å². The Bertz CT molecular complexity index is 441. The summed E-state index contributed by atoms with van der Waals surface area (Å²) >= 11 is 0. The lowest BCUT2D eigenvalue weighted by molar-refractivity contribution is -0.0292. The Hall–Kier alpha value is -0.860. The molecule has 0 aromatic heterocycles. The standard InChI is InChI=1S/C14H28N2O5S/c1-4-5-6-7-8-20-11-21-14(17)16-10-13(9-12(16)2)15-22(3,18)19/h12-13,15H,4-11H2,1-3H3. The lowest BCUT2D eigenvalue weighted by Crippen LogP contribution is -2.39. The number of nitrogens with one attached hydrogen (secondary N) is 1. The van der Waals surface area contributed by atoms with Gasteiger partial charge in [0.05, 0.1) is 12.9 Å². The number of rotatable bonds is 9. The van der Waals surface area contributed by atoms with Crippen LogP contribution in [0, 0.1) is 0 Å². The van der Waals surface area contributed by atoms with Crippen LogP contribution in [0.4, 0.5) is 4.79 Å². The summed E-state index contributed by atoms with van der Waals surface area (Å²) in [6, 6.07) is -0.316. The molecule has 0 bridgehead atoms. The molecule has 7 nitrogen and oxygen atoms in total. The van der Waals surface area contributed by atoms with Crippen molar-refractivity contribution >= 4 is 16.1 Å². The topological polar surface area (TPSA) is 84.9 Å². The lowest BCUT2D eigenvalue weighted by Gasteiger charge is -2.20. The molecule has 1 N–H and O–H groups in total. The van der Waals surface area contributed by atoms with E-state index in [0.29, 0.717) is 19.6 Å². The van der Waals surface area contributed by atoms with Crippen molar-refractivity contribution in [2.45, 2.75) is 58.0 Å². The maximum Gasteiger partial charge on any atom is 0.412 e. The van der Waals surface area contributed by atoms with Crippen LogP contribution in [0.2, 0.25) is 0 Å². The molecule has 130 valence electrons. The average molecular weight is 336 g/mol. The van der Waals surface area contributed by atoms with E-state index in [1.165, 1.54) is 17.7 Å². The van der Waals surface area contributed by atoms with Gasteiger partial charge < -0.3 is 14.4 Å². The molecule has 1 aliphatic rings. The summed E-state index contributed by atoms with van der Waals surface area (Å²) in [7, 11) is -3.27. The van der Waals surface area contributed by atoms with Gasteiger partial charge in [-0.3, -0.25) is 0 Å². The third-order valence-corrected chi connectivity index (χ3v) is 4.36. The monoisotopic (exact) mass is 336 g/mol. The van der Waals surface area contributed by atoms with Crippen molar-refractivity contribution in [3.05, 3.63) is 0 Å². The molecule has 1 amide bonds. The van der Waals surface area contributed by atoms with E-state index < -0.39 is 16.1 Å². The second-order valence-electron chi connectivity index (χ2n) is 5.82. The molecule has 0 aliphatic carbocycles. The smallest absolute Gasteiger partial charge is 0.412 e. The van der Waals surface area contributed by atoms with E-state index in [1.807, 2.05) is 6.92 Å². The molecule has 0 aromatic rings. The summed E-state index contributed by atoms with van der Waals surface area (Å²) < 4.78 is 35.3. The normalized spacial score (nSPS) is 22.0. The molecule has 8 heteroatoms. The predicted octanol–water partition coefficient (Wildman–Crippen LogP) is 1.69. The van der Waals surface area contributed by atoms with Gasteiger partial charge in [-0.1, -0.05) is 26.2 Å². The molecular weight excluding hydrogens is 308 g/mol. The van der Waals surface area contributed by atoms with Gasteiger partial charge in [0.2, 0.25) is 10.0 Å². The summed E-state index contributed by atoms with van der Waals surface area (Å²) in [5.74, 6) is 0. The molecule has 0 aromatic carbocycles. The Labute approximate surface area is 133 Å². The van der Waals surface area contributed by atoms with Crippen molar-refractivity contribution in [1.82, 2.24) is 9.62 Å². The zero-order valence-corrected chi connectivity index (χ0v) is 14.5. The van der Waals surface area contributed by atoms with Gasteiger partial charge >= 0.3 is 6.09 Å². The fourth-order valence-corrected chi connectivity index (χ4v) is 3.31. The van der Waals surface area contributed by atoms with E-state index in [-0.39, 0.29) is 18.9 Å². The van der Waals surface area contributed by atoms with Crippen LogP contribution in [-0.2, 0) is 19.5 Å². The molecule has 22 heavy (non-hydrogen) atoms. The molecule has 1 heterocycles. The van der Waals surface area contributed by atoms with Crippen molar-refractivity contribution in [3.8, 4) is 0 Å². The van der Waals surface area contributed by atoms with Gasteiger partial charge in [0.25, 0.3) is 0 Å². The Balaban J connectivity index is 2.22. The molecule has 0 radical (unpaired) electrons. The fraction of sp³-hybridized carbons (Fsp3) is 0.929. The van der Waals surface area contributed by atoms with Crippen molar-refractivity contribution in [3.63, 3.8) is 0 Å². The number of sulfonamides is 1. The minimum absolute atomic E-state index is 0.0572. The highest BCUT2D eigenvalue weighted by Gasteiger charge is 2.34. The minimum atomic E-state index is -3.27. The van der Waals surface area contributed by atoms with Gasteiger partial charge in [0.15, 0.2) is 6.79 Å². The van der Waals surface area contributed by atoms with Crippen LogP contribution in [0.25, 0.3) is 0 Å². The average Bonchev–Trinajstić information content (AvgIpc) is 2.76. The third-order valence-electron chi connectivity index (χ3n) is 3.60. The molecular formula is C14H28N2O5S. The number of unbranched alkanes of at least 4 members (excludes halogenated alkanes) is 3. The minimum Gasteiger partial charge on any atom is -0.422 e. The molecule has 1 fully saturated rings. The molecule has 0 spiro atoms. The number of hydrogen-bond donors (Lipinski definition) is 1. The first-order valence-electron chi connectivity index (χ1n) is 7.82. The van der Waals surface area contributed by atoms with Crippen LogP contribution in [0.1, 0.15) is 46.0 Å². The first kappa shape index (κ1) is 19.2. The van der Waals surface area contributed by atoms with E-state index in [2.05, 4.69) is 11.6 Å². The summed E-state index contributed by atoms with van der Waals surface area (Å²) in [4.78, 5) is 13.5. The fourth-order valence-electron chi connectivity index (χ4n) is 2.54. The highest BCUT2D eigenvalue weighted by molar-refractivity contribution is 7.88. The van der Waals surface area contributed by atoms with Crippen LogP contribution < -0.4 is 4.72 Å². The van der Waals surface area contributed by atoms with Crippen molar-refractivity contribution in [2.24, 2.45) is 0 Å². The molecule has 1 saturated heterocycles. The summed E-state index contributed by atoms with van der Waals surface area (Å²) in [5, 5.41) is 0. The van der Waals surface area contributed by atoms with E-state index in [4.69, 9.17) is 9.47 Å². The van der Waals surface area contributed by atoms with Gasteiger partial charge in [0, 0.05) is 18.6 Å². The van der Waals surface area contributed by atoms with Gasteiger partial charge in [-0.05, 0) is 19.8 Å². The van der Waals surface area contributed by atoms with Gasteiger partial charge in [-0.2, -0.15) is 0 Å².